The number of carboxylic acids is 1. The Labute approximate surface area is 101 Å². The van der Waals surface area contributed by atoms with Crippen molar-refractivity contribution in [1.29, 1.82) is 0 Å². The van der Waals surface area contributed by atoms with Gasteiger partial charge in [-0.15, -0.1) is 0 Å². The minimum atomic E-state index is -0.905. The normalized spacial score (nSPS) is 11.8. The minimum Gasteiger partial charge on any atom is -0.480 e. The van der Waals surface area contributed by atoms with E-state index in [-0.39, 0.29) is 6.61 Å². The Morgan fingerprint density at radius 2 is 2.18 bits per heavy atom. The smallest absolute Gasteiger partial charge is 0.330 e. The van der Waals surface area contributed by atoms with Gasteiger partial charge in [0.05, 0.1) is 0 Å². The zero-order chi connectivity index (χ0) is 13.1. The predicted octanol–water partition coefficient (Wildman–Crippen LogP) is -0.113. The van der Waals surface area contributed by atoms with E-state index in [4.69, 9.17) is 15.6 Å². The van der Waals surface area contributed by atoms with Crippen molar-refractivity contribution in [2.75, 3.05) is 19.7 Å². The number of ether oxygens (including phenoxy) is 1. The van der Waals surface area contributed by atoms with Gasteiger partial charge in [0.15, 0.2) is 0 Å². The van der Waals surface area contributed by atoms with Crippen molar-refractivity contribution in [3.63, 3.8) is 0 Å². The number of carboxylic acid groups (broad SMARTS) is 1. The molecule has 0 aromatic heterocycles. The average molecular weight is 244 g/mol. The third-order valence-corrected chi connectivity index (χ3v) is 2.15. The van der Waals surface area contributed by atoms with Gasteiger partial charge in [-0.05, 0) is 19.4 Å². The zero-order valence-electron chi connectivity index (χ0n) is 9.85. The number of esters is 1. The van der Waals surface area contributed by atoms with Crippen LogP contribution in [0.5, 0.6) is 0 Å². The molecule has 0 aromatic rings. The first kappa shape index (κ1) is 15.6. The van der Waals surface area contributed by atoms with Crippen LogP contribution < -0.4 is 11.1 Å². The molecule has 0 aromatic carbocycles. The first-order chi connectivity index (χ1) is 8.11. The fourth-order valence-corrected chi connectivity index (χ4v) is 1.25. The lowest BCUT2D eigenvalue weighted by Crippen LogP contribution is -2.38. The number of hydrogen-bond acceptors (Lipinski definition) is 5. The van der Waals surface area contributed by atoms with E-state index in [1.807, 2.05) is 0 Å². The van der Waals surface area contributed by atoms with Gasteiger partial charge in [-0.3, -0.25) is 4.79 Å². The average Bonchev–Trinajstić information content (AvgIpc) is 2.31. The Hall–Kier alpha value is -1.40. The van der Waals surface area contributed by atoms with Crippen molar-refractivity contribution in [3.05, 3.63) is 12.7 Å². The number of hydrogen-bond donors (Lipinski definition) is 3. The molecule has 0 spiro atoms. The highest BCUT2D eigenvalue weighted by molar-refractivity contribution is 5.81. The molecule has 0 radical (unpaired) electrons. The molecule has 0 aliphatic heterocycles. The van der Waals surface area contributed by atoms with E-state index in [0.29, 0.717) is 19.5 Å². The van der Waals surface area contributed by atoms with Crippen molar-refractivity contribution in [3.8, 4) is 0 Å². The summed E-state index contributed by atoms with van der Waals surface area (Å²) < 4.78 is 4.71. The van der Waals surface area contributed by atoms with Crippen molar-refractivity contribution in [2.24, 2.45) is 5.73 Å². The molecule has 0 bridgehead atoms. The maximum atomic E-state index is 10.9. The summed E-state index contributed by atoms with van der Waals surface area (Å²) in [5, 5.41) is 11.7. The van der Waals surface area contributed by atoms with Crippen LogP contribution >= 0.6 is 0 Å². The van der Waals surface area contributed by atoms with Gasteiger partial charge in [0.25, 0.3) is 0 Å². The zero-order valence-corrected chi connectivity index (χ0v) is 9.85. The van der Waals surface area contributed by atoms with E-state index < -0.39 is 18.0 Å². The maximum absolute atomic E-state index is 10.9. The molecule has 0 rings (SSSR count). The minimum absolute atomic E-state index is 0.130. The fraction of sp³-hybridized carbons (Fsp3) is 0.636. The van der Waals surface area contributed by atoms with Crippen molar-refractivity contribution >= 4 is 11.9 Å². The molecule has 0 saturated heterocycles. The number of aliphatic carboxylic acids is 1. The summed E-state index contributed by atoms with van der Waals surface area (Å²) in [6.07, 6.45) is 3.14. The van der Waals surface area contributed by atoms with Gasteiger partial charge >= 0.3 is 11.9 Å². The Bertz CT molecular complexity index is 256. The van der Waals surface area contributed by atoms with Crippen LogP contribution in [-0.4, -0.2) is 42.8 Å². The number of carbonyl (C=O) groups is 2. The third-order valence-electron chi connectivity index (χ3n) is 2.15. The SMILES string of the molecule is C=CC(=O)OCCN[C@@H](CCCCN)C(=O)O. The Balaban J connectivity index is 3.73. The van der Waals surface area contributed by atoms with Gasteiger partial charge in [-0.2, -0.15) is 0 Å². The topological polar surface area (TPSA) is 102 Å². The number of unbranched alkanes of at least 4 members (excludes halogenated alkanes) is 1. The standard InChI is InChI=1S/C11H20N2O4/c1-2-10(14)17-8-7-13-9(11(15)16)5-3-4-6-12/h2,9,13H,1,3-8,12H2,(H,15,16)/t9-/m0/s1. The van der Waals surface area contributed by atoms with Crippen LogP contribution in [0.15, 0.2) is 12.7 Å². The molecule has 0 saturated carbocycles. The molecule has 0 fully saturated rings. The highest BCUT2D eigenvalue weighted by atomic mass is 16.5. The van der Waals surface area contributed by atoms with Crippen molar-refractivity contribution < 1.29 is 19.4 Å². The molecule has 98 valence electrons. The van der Waals surface area contributed by atoms with Gasteiger partial charge in [0.2, 0.25) is 0 Å². The quantitative estimate of drug-likeness (QED) is 0.281. The fourth-order valence-electron chi connectivity index (χ4n) is 1.25. The second-order valence-electron chi connectivity index (χ2n) is 3.50. The van der Waals surface area contributed by atoms with Crippen LogP contribution in [-0.2, 0) is 14.3 Å². The largest absolute Gasteiger partial charge is 0.480 e. The summed E-state index contributed by atoms with van der Waals surface area (Å²) in [6.45, 7) is 4.25. The molecule has 0 aliphatic rings. The Morgan fingerprint density at radius 1 is 1.47 bits per heavy atom. The van der Waals surface area contributed by atoms with E-state index >= 15 is 0 Å². The lowest BCUT2D eigenvalue weighted by atomic mass is 10.1. The van der Waals surface area contributed by atoms with Crippen LogP contribution in [0.3, 0.4) is 0 Å². The molecule has 4 N–H and O–H groups in total. The van der Waals surface area contributed by atoms with E-state index in [0.717, 1.165) is 18.9 Å². The van der Waals surface area contributed by atoms with Gasteiger partial charge < -0.3 is 20.9 Å². The summed E-state index contributed by atoms with van der Waals surface area (Å²) in [6, 6.07) is -0.621. The van der Waals surface area contributed by atoms with Gasteiger partial charge in [-0.1, -0.05) is 13.0 Å². The van der Waals surface area contributed by atoms with Crippen LogP contribution in [0.2, 0.25) is 0 Å². The van der Waals surface area contributed by atoms with Gasteiger partial charge in [-0.25, -0.2) is 4.79 Å². The van der Waals surface area contributed by atoms with Crippen LogP contribution in [0.25, 0.3) is 0 Å². The molecule has 1 atom stereocenters. The highest BCUT2D eigenvalue weighted by Crippen LogP contribution is 2.00. The first-order valence-electron chi connectivity index (χ1n) is 5.57. The molecular formula is C11H20N2O4. The molecular weight excluding hydrogens is 224 g/mol. The lowest BCUT2D eigenvalue weighted by Gasteiger charge is -2.13. The second kappa shape index (κ2) is 9.80. The van der Waals surface area contributed by atoms with E-state index in [1.165, 1.54) is 0 Å². The summed E-state index contributed by atoms with van der Waals surface area (Å²) in [7, 11) is 0. The van der Waals surface area contributed by atoms with Crippen LogP contribution in [0.4, 0.5) is 0 Å². The molecule has 6 heteroatoms. The third kappa shape index (κ3) is 8.41. The number of nitrogens with one attached hydrogen (secondary N) is 1. The summed E-state index contributed by atoms with van der Waals surface area (Å²) in [5.41, 5.74) is 5.33. The summed E-state index contributed by atoms with van der Waals surface area (Å²) in [5.74, 6) is -1.42. The Morgan fingerprint density at radius 3 is 2.71 bits per heavy atom. The highest BCUT2D eigenvalue weighted by Gasteiger charge is 2.15. The monoisotopic (exact) mass is 244 g/mol. The Kier molecular flexibility index (Phi) is 8.99. The maximum Gasteiger partial charge on any atom is 0.330 e. The molecule has 17 heavy (non-hydrogen) atoms. The van der Waals surface area contributed by atoms with Gasteiger partial charge in [0, 0.05) is 12.6 Å². The molecule has 0 amide bonds. The number of rotatable bonds is 10. The van der Waals surface area contributed by atoms with Crippen LogP contribution in [0, 0.1) is 0 Å². The number of carbonyl (C=O) groups excluding carboxylic acids is 1. The molecule has 0 heterocycles. The molecule has 0 unspecified atom stereocenters. The van der Waals surface area contributed by atoms with E-state index in [9.17, 15) is 9.59 Å². The molecule has 6 nitrogen and oxygen atoms in total. The van der Waals surface area contributed by atoms with Crippen LogP contribution in [0.1, 0.15) is 19.3 Å². The lowest BCUT2D eigenvalue weighted by molar-refractivity contribution is -0.139. The van der Waals surface area contributed by atoms with Crippen molar-refractivity contribution in [1.82, 2.24) is 5.32 Å². The van der Waals surface area contributed by atoms with E-state index in [2.05, 4.69) is 11.9 Å². The summed E-state index contributed by atoms with van der Waals surface area (Å²) >= 11 is 0. The second-order valence-corrected chi connectivity index (χ2v) is 3.50. The first-order valence-corrected chi connectivity index (χ1v) is 5.57. The molecule has 0 aliphatic carbocycles. The van der Waals surface area contributed by atoms with E-state index in [1.54, 1.807) is 0 Å². The van der Waals surface area contributed by atoms with Gasteiger partial charge in [0.1, 0.15) is 12.6 Å². The number of nitrogens with two attached hydrogens (primary N) is 1. The summed E-state index contributed by atoms with van der Waals surface area (Å²) in [4.78, 5) is 21.6. The predicted molar refractivity (Wildman–Crippen MR) is 63.5 cm³/mol. The van der Waals surface area contributed by atoms with Crippen molar-refractivity contribution in [2.45, 2.75) is 25.3 Å².